The number of ether oxygens (including phenoxy) is 1. The van der Waals surface area contributed by atoms with E-state index >= 15 is 0 Å². The van der Waals surface area contributed by atoms with Crippen LogP contribution in [-0.2, 0) is 11.3 Å². The first-order valence-electron chi connectivity index (χ1n) is 9.44. The van der Waals surface area contributed by atoms with Gasteiger partial charge in [0.2, 0.25) is 0 Å². The molecular formula is C22H21N3O3S. The van der Waals surface area contributed by atoms with Crippen LogP contribution in [0.4, 0.5) is 0 Å². The van der Waals surface area contributed by atoms with Gasteiger partial charge in [0.1, 0.15) is 16.6 Å². The molecule has 1 aromatic heterocycles. The van der Waals surface area contributed by atoms with E-state index in [1.165, 1.54) is 11.3 Å². The topological polar surface area (TPSA) is 86.5 Å². The Balaban J connectivity index is 1.47. The monoisotopic (exact) mass is 407 g/mol. The number of carbonyl (C=O) groups excluding carboxylic acids is 1. The number of aliphatic hydroxyl groups excluding tert-OH is 1. The second-order valence-corrected chi connectivity index (χ2v) is 7.88. The summed E-state index contributed by atoms with van der Waals surface area (Å²) in [6, 6.07) is 14.9. The Kier molecular flexibility index (Phi) is 5.31. The number of aliphatic hydroxyl groups is 1. The fourth-order valence-electron chi connectivity index (χ4n) is 3.22. The Morgan fingerprint density at radius 1 is 1.24 bits per heavy atom. The summed E-state index contributed by atoms with van der Waals surface area (Å²) in [6.45, 7) is 3.09. The van der Waals surface area contributed by atoms with E-state index in [9.17, 15) is 9.90 Å². The molecule has 7 heteroatoms. The van der Waals surface area contributed by atoms with Crippen LogP contribution in [0.1, 0.15) is 34.3 Å². The van der Waals surface area contributed by atoms with Crippen LogP contribution in [0.15, 0.2) is 54.3 Å². The molecule has 1 aliphatic rings. The molecule has 4 rings (SSSR count). The number of nitrogens with one attached hydrogen (secondary N) is 1. The average molecular weight is 407 g/mol. The zero-order chi connectivity index (χ0) is 20.4. The number of esters is 1. The Morgan fingerprint density at radius 3 is 2.72 bits per heavy atom. The summed E-state index contributed by atoms with van der Waals surface area (Å²) in [6.07, 6.45) is 0.786. The van der Waals surface area contributed by atoms with Gasteiger partial charge in [0.05, 0.1) is 34.5 Å². The van der Waals surface area contributed by atoms with Gasteiger partial charge in [-0.05, 0) is 36.2 Å². The van der Waals surface area contributed by atoms with Crippen molar-refractivity contribution >= 4 is 38.9 Å². The van der Waals surface area contributed by atoms with Crippen LogP contribution >= 0.6 is 11.3 Å². The summed E-state index contributed by atoms with van der Waals surface area (Å²) in [7, 11) is 0. The first-order valence-corrected chi connectivity index (χ1v) is 10.3. The second kappa shape index (κ2) is 8.05. The maximum atomic E-state index is 11.9. The predicted octanol–water partition coefficient (Wildman–Crippen LogP) is 4.63. The van der Waals surface area contributed by atoms with E-state index in [1.807, 2.05) is 43.3 Å². The molecule has 6 nitrogen and oxygen atoms in total. The molecule has 1 aliphatic heterocycles. The van der Waals surface area contributed by atoms with Gasteiger partial charge in [0.25, 0.3) is 0 Å². The zero-order valence-electron chi connectivity index (χ0n) is 16.0. The number of nitrogens with zero attached hydrogens (tertiary/aromatic N) is 2. The van der Waals surface area contributed by atoms with Gasteiger partial charge < -0.3 is 14.7 Å². The zero-order valence-corrected chi connectivity index (χ0v) is 16.8. The van der Waals surface area contributed by atoms with Crippen molar-refractivity contribution < 1.29 is 14.6 Å². The van der Waals surface area contributed by atoms with Crippen LogP contribution < -0.4 is 0 Å². The molecule has 0 radical (unpaired) electrons. The number of amidine groups is 1. The Morgan fingerprint density at radius 2 is 2.00 bits per heavy atom. The van der Waals surface area contributed by atoms with Gasteiger partial charge in [-0.25, -0.2) is 9.78 Å². The maximum Gasteiger partial charge on any atom is 0.338 e. The number of thiazole rings is 1. The first-order chi connectivity index (χ1) is 14.1. The lowest BCUT2D eigenvalue weighted by atomic mass is 10.1. The molecule has 2 N–H and O–H groups in total. The van der Waals surface area contributed by atoms with Gasteiger partial charge in [0, 0.05) is 6.54 Å². The third-order valence-electron chi connectivity index (χ3n) is 4.69. The highest BCUT2D eigenvalue weighted by Gasteiger charge is 2.30. The minimum atomic E-state index is -0.329. The highest BCUT2D eigenvalue weighted by Crippen LogP contribution is 2.33. The van der Waals surface area contributed by atoms with Gasteiger partial charge >= 0.3 is 5.97 Å². The molecule has 0 saturated carbocycles. The number of para-hydroxylation sites is 1. The molecule has 2 heterocycles. The Hall–Kier alpha value is -3.19. The molecule has 0 bridgehead atoms. The van der Waals surface area contributed by atoms with E-state index < -0.39 is 0 Å². The van der Waals surface area contributed by atoms with Crippen LogP contribution in [0.3, 0.4) is 0 Å². The average Bonchev–Trinajstić information content (AvgIpc) is 3.26. The standard InChI is InChI=1S/C22H21N3O3S/c1-2-11-28-22(27)15-9-7-14(8-10-15)12-25-13-17(26)19(20(25)23)21-24-16-5-3-4-6-18(16)29-21/h3-10,23,26H,2,11-13H2,1H3. The summed E-state index contributed by atoms with van der Waals surface area (Å²) < 4.78 is 6.17. The van der Waals surface area contributed by atoms with Crippen molar-refractivity contribution in [3.63, 3.8) is 0 Å². The maximum absolute atomic E-state index is 11.9. The molecule has 0 saturated heterocycles. The number of aromatic nitrogens is 1. The van der Waals surface area contributed by atoms with E-state index in [0.717, 1.165) is 22.2 Å². The van der Waals surface area contributed by atoms with Crippen molar-refractivity contribution in [2.75, 3.05) is 13.2 Å². The molecule has 2 aromatic carbocycles. The van der Waals surface area contributed by atoms with Gasteiger partial charge in [0.15, 0.2) is 0 Å². The lowest BCUT2D eigenvalue weighted by Crippen LogP contribution is -2.26. The summed E-state index contributed by atoms with van der Waals surface area (Å²) in [5.74, 6) is 0.0894. The molecule has 0 atom stereocenters. The molecule has 0 aliphatic carbocycles. The van der Waals surface area contributed by atoms with Crippen molar-refractivity contribution in [3.05, 3.63) is 70.4 Å². The molecule has 3 aromatic rings. The van der Waals surface area contributed by atoms with Crippen molar-refractivity contribution in [2.24, 2.45) is 0 Å². The highest BCUT2D eigenvalue weighted by atomic mass is 32.1. The van der Waals surface area contributed by atoms with Gasteiger partial charge in [-0.15, -0.1) is 11.3 Å². The number of benzene rings is 2. The highest BCUT2D eigenvalue weighted by molar-refractivity contribution is 7.19. The van der Waals surface area contributed by atoms with E-state index in [1.54, 1.807) is 17.0 Å². The van der Waals surface area contributed by atoms with E-state index in [0.29, 0.717) is 29.3 Å². The molecule has 0 amide bonds. The van der Waals surface area contributed by atoms with E-state index in [2.05, 4.69) is 4.98 Å². The van der Waals surface area contributed by atoms with Crippen LogP contribution in [0.2, 0.25) is 0 Å². The first kappa shape index (κ1) is 19.1. The summed E-state index contributed by atoms with van der Waals surface area (Å²) in [5.41, 5.74) is 2.81. The molecule has 29 heavy (non-hydrogen) atoms. The van der Waals surface area contributed by atoms with Crippen LogP contribution in [0.5, 0.6) is 0 Å². The largest absolute Gasteiger partial charge is 0.510 e. The number of rotatable bonds is 6. The predicted molar refractivity (Wildman–Crippen MR) is 114 cm³/mol. The van der Waals surface area contributed by atoms with Gasteiger partial charge in [-0.2, -0.15) is 0 Å². The smallest absolute Gasteiger partial charge is 0.338 e. The Labute approximate surface area is 172 Å². The van der Waals surface area contributed by atoms with Crippen LogP contribution in [-0.4, -0.2) is 39.9 Å². The third kappa shape index (κ3) is 3.86. The van der Waals surface area contributed by atoms with Crippen LogP contribution in [0.25, 0.3) is 15.8 Å². The SMILES string of the molecule is CCCOC(=O)c1ccc(CN2CC(O)=C(c3nc4ccccc4s3)C2=N)cc1. The second-order valence-electron chi connectivity index (χ2n) is 6.85. The Bertz CT molecular complexity index is 1070. The minimum Gasteiger partial charge on any atom is -0.510 e. The summed E-state index contributed by atoms with van der Waals surface area (Å²) >= 11 is 1.47. The molecule has 0 unspecified atom stereocenters. The summed E-state index contributed by atoms with van der Waals surface area (Å²) in [4.78, 5) is 18.3. The van der Waals surface area contributed by atoms with Crippen molar-refractivity contribution in [3.8, 4) is 0 Å². The van der Waals surface area contributed by atoms with E-state index in [-0.39, 0.29) is 24.1 Å². The van der Waals surface area contributed by atoms with Crippen molar-refractivity contribution in [1.29, 1.82) is 5.41 Å². The van der Waals surface area contributed by atoms with Gasteiger partial charge in [-0.1, -0.05) is 31.2 Å². The minimum absolute atomic E-state index is 0.161. The molecule has 0 fully saturated rings. The van der Waals surface area contributed by atoms with Crippen molar-refractivity contribution in [2.45, 2.75) is 19.9 Å². The van der Waals surface area contributed by atoms with Crippen LogP contribution in [0, 0.1) is 5.41 Å². The quantitative estimate of drug-likeness (QED) is 0.582. The number of carbonyl (C=O) groups is 1. The van der Waals surface area contributed by atoms with Crippen molar-refractivity contribution in [1.82, 2.24) is 9.88 Å². The normalized spacial score (nSPS) is 14.1. The molecular weight excluding hydrogens is 386 g/mol. The number of fused-ring (bicyclic) bond motifs is 1. The molecule has 0 spiro atoms. The lowest BCUT2D eigenvalue weighted by molar-refractivity contribution is 0.0505. The lowest BCUT2D eigenvalue weighted by Gasteiger charge is -2.18. The third-order valence-corrected chi connectivity index (χ3v) is 5.74. The van der Waals surface area contributed by atoms with Gasteiger partial charge in [-0.3, -0.25) is 5.41 Å². The fraction of sp³-hybridized carbons (Fsp3) is 0.227. The van der Waals surface area contributed by atoms with E-state index in [4.69, 9.17) is 10.1 Å². The number of hydrogen-bond acceptors (Lipinski definition) is 6. The fourth-order valence-corrected chi connectivity index (χ4v) is 4.25. The number of hydrogen-bond donors (Lipinski definition) is 2. The summed E-state index contributed by atoms with van der Waals surface area (Å²) in [5, 5.41) is 19.7. The molecule has 148 valence electrons.